The van der Waals surface area contributed by atoms with Crippen LogP contribution in [0.1, 0.15) is 35.3 Å². The van der Waals surface area contributed by atoms with Gasteiger partial charge in [0.25, 0.3) is 5.91 Å². The Morgan fingerprint density at radius 2 is 1.78 bits per heavy atom. The van der Waals surface area contributed by atoms with Gasteiger partial charge in [0.1, 0.15) is 0 Å². The minimum Gasteiger partial charge on any atom is -0.350 e. The van der Waals surface area contributed by atoms with Gasteiger partial charge in [0, 0.05) is 17.3 Å². The highest BCUT2D eigenvalue weighted by molar-refractivity contribution is 5.97. The van der Waals surface area contributed by atoms with Crippen LogP contribution >= 0.6 is 0 Å². The fourth-order valence-electron chi connectivity index (χ4n) is 2.27. The van der Waals surface area contributed by atoms with Gasteiger partial charge in [-0.3, -0.25) is 9.59 Å². The maximum atomic E-state index is 12.2. The standard InChI is InChI=1S/C19H22N2O2/c1-13(2)20-19(23)16-9-6-10-17(11-16)21-18(22)12-15-8-5-4-7-14(15)3/h4-11,13H,12H2,1-3H3,(H,20,23)(H,21,22). The Morgan fingerprint density at radius 3 is 2.48 bits per heavy atom. The second-order valence-electron chi connectivity index (χ2n) is 5.86. The summed E-state index contributed by atoms with van der Waals surface area (Å²) < 4.78 is 0. The van der Waals surface area contributed by atoms with Gasteiger partial charge in [0.15, 0.2) is 0 Å². The molecule has 0 aliphatic heterocycles. The lowest BCUT2D eigenvalue weighted by molar-refractivity contribution is -0.115. The average Bonchev–Trinajstić information content (AvgIpc) is 2.49. The predicted molar refractivity (Wildman–Crippen MR) is 92.6 cm³/mol. The number of anilines is 1. The molecule has 4 heteroatoms. The molecule has 0 aromatic heterocycles. The summed E-state index contributed by atoms with van der Waals surface area (Å²) in [5.74, 6) is -0.240. The van der Waals surface area contributed by atoms with Gasteiger partial charge in [-0.05, 0) is 50.1 Å². The fraction of sp³-hybridized carbons (Fsp3) is 0.263. The van der Waals surface area contributed by atoms with E-state index in [-0.39, 0.29) is 17.9 Å². The first-order valence-corrected chi connectivity index (χ1v) is 7.71. The minimum atomic E-state index is -0.144. The van der Waals surface area contributed by atoms with Crippen molar-refractivity contribution < 1.29 is 9.59 Å². The molecular weight excluding hydrogens is 288 g/mol. The number of carbonyl (C=O) groups excluding carboxylic acids is 2. The number of aryl methyl sites for hydroxylation is 1. The van der Waals surface area contributed by atoms with E-state index in [1.54, 1.807) is 24.3 Å². The zero-order chi connectivity index (χ0) is 16.8. The van der Waals surface area contributed by atoms with Crippen molar-refractivity contribution in [3.63, 3.8) is 0 Å². The lowest BCUT2D eigenvalue weighted by Crippen LogP contribution is -2.30. The van der Waals surface area contributed by atoms with Crippen molar-refractivity contribution in [2.24, 2.45) is 0 Å². The Labute approximate surface area is 136 Å². The van der Waals surface area contributed by atoms with Crippen LogP contribution in [0.2, 0.25) is 0 Å². The summed E-state index contributed by atoms with van der Waals surface area (Å²) >= 11 is 0. The summed E-state index contributed by atoms with van der Waals surface area (Å²) in [6, 6.07) is 14.8. The minimum absolute atomic E-state index is 0.0711. The van der Waals surface area contributed by atoms with Gasteiger partial charge >= 0.3 is 0 Å². The van der Waals surface area contributed by atoms with E-state index in [1.807, 2.05) is 45.0 Å². The summed E-state index contributed by atoms with van der Waals surface area (Å²) in [5.41, 5.74) is 3.25. The van der Waals surface area contributed by atoms with E-state index in [0.717, 1.165) is 11.1 Å². The van der Waals surface area contributed by atoms with Gasteiger partial charge in [-0.2, -0.15) is 0 Å². The molecule has 0 saturated carbocycles. The van der Waals surface area contributed by atoms with Crippen LogP contribution in [0.4, 0.5) is 5.69 Å². The van der Waals surface area contributed by atoms with Gasteiger partial charge in [-0.1, -0.05) is 30.3 Å². The lowest BCUT2D eigenvalue weighted by atomic mass is 10.1. The van der Waals surface area contributed by atoms with Crippen LogP contribution < -0.4 is 10.6 Å². The molecule has 0 radical (unpaired) electrons. The SMILES string of the molecule is Cc1ccccc1CC(=O)Nc1cccc(C(=O)NC(C)C)c1. The average molecular weight is 310 g/mol. The maximum absolute atomic E-state index is 12.2. The van der Waals surface area contributed by atoms with Crippen molar-refractivity contribution in [1.82, 2.24) is 5.32 Å². The molecule has 0 unspecified atom stereocenters. The third kappa shape index (κ3) is 4.95. The molecule has 0 heterocycles. The largest absolute Gasteiger partial charge is 0.350 e. The van der Waals surface area contributed by atoms with Crippen molar-refractivity contribution in [2.45, 2.75) is 33.2 Å². The van der Waals surface area contributed by atoms with Crippen molar-refractivity contribution in [3.8, 4) is 0 Å². The van der Waals surface area contributed by atoms with Gasteiger partial charge in [-0.25, -0.2) is 0 Å². The molecule has 120 valence electrons. The van der Waals surface area contributed by atoms with E-state index in [0.29, 0.717) is 17.7 Å². The van der Waals surface area contributed by atoms with Gasteiger partial charge in [0.2, 0.25) is 5.91 Å². The van der Waals surface area contributed by atoms with E-state index >= 15 is 0 Å². The van der Waals surface area contributed by atoms with Crippen molar-refractivity contribution in [3.05, 3.63) is 65.2 Å². The smallest absolute Gasteiger partial charge is 0.251 e. The molecule has 0 aliphatic rings. The molecule has 23 heavy (non-hydrogen) atoms. The van der Waals surface area contributed by atoms with Crippen LogP contribution in [0.15, 0.2) is 48.5 Å². The summed E-state index contributed by atoms with van der Waals surface area (Å²) in [5, 5.41) is 5.68. The van der Waals surface area contributed by atoms with Crippen LogP contribution in [0.3, 0.4) is 0 Å². The van der Waals surface area contributed by atoms with E-state index < -0.39 is 0 Å². The van der Waals surface area contributed by atoms with Crippen LogP contribution in [0.25, 0.3) is 0 Å². The number of hydrogen-bond acceptors (Lipinski definition) is 2. The van der Waals surface area contributed by atoms with Gasteiger partial charge < -0.3 is 10.6 Å². The third-order valence-corrected chi connectivity index (χ3v) is 3.44. The highest BCUT2D eigenvalue weighted by Crippen LogP contribution is 2.13. The number of hydrogen-bond donors (Lipinski definition) is 2. The predicted octanol–water partition coefficient (Wildman–Crippen LogP) is 3.31. The van der Waals surface area contributed by atoms with Crippen LogP contribution in [0.5, 0.6) is 0 Å². The molecule has 0 aliphatic carbocycles. The summed E-state index contributed by atoms with van der Waals surface area (Å²) in [6.45, 7) is 5.80. The quantitative estimate of drug-likeness (QED) is 0.890. The number of nitrogens with one attached hydrogen (secondary N) is 2. The summed E-state index contributed by atoms with van der Waals surface area (Å²) in [7, 11) is 0. The molecule has 2 aromatic rings. The molecule has 0 bridgehead atoms. The molecule has 0 saturated heterocycles. The monoisotopic (exact) mass is 310 g/mol. The topological polar surface area (TPSA) is 58.2 Å². The first-order valence-electron chi connectivity index (χ1n) is 7.71. The Morgan fingerprint density at radius 1 is 1.04 bits per heavy atom. The first kappa shape index (κ1) is 16.7. The van der Waals surface area contributed by atoms with Crippen molar-refractivity contribution in [2.75, 3.05) is 5.32 Å². The Kier molecular flexibility index (Phi) is 5.52. The van der Waals surface area contributed by atoms with E-state index in [2.05, 4.69) is 10.6 Å². The molecule has 2 N–H and O–H groups in total. The number of carbonyl (C=O) groups is 2. The molecule has 2 aromatic carbocycles. The zero-order valence-electron chi connectivity index (χ0n) is 13.7. The Balaban J connectivity index is 2.04. The fourth-order valence-corrected chi connectivity index (χ4v) is 2.27. The van der Waals surface area contributed by atoms with E-state index in [4.69, 9.17) is 0 Å². The molecule has 0 atom stereocenters. The van der Waals surface area contributed by atoms with Crippen molar-refractivity contribution in [1.29, 1.82) is 0 Å². The highest BCUT2D eigenvalue weighted by Gasteiger charge is 2.10. The number of amides is 2. The van der Waals surface area contributed by atoms with E-state index in [9.17, 15) is 9.59 Å². The Hall–Kier alpha value is -2.62. The summed E-state index contributed by atoms with van der Waals surface area (Å²) in [4.78, 5) is 24.2. The first-order chi connectivity index (χ1) is 11.0. The maximum Gasteiger partial charge on any atom is 0.251 e. The van der Waals surface area contributed by atoms with Gasteiger partial charge in [-0.15, -0.1) is 0 Å². The molecule has 4 nitrogen and oxygen atoms in total. The van der Waals surface area contributed by atoms with Gasteiger partial charge in [0.05, 0.1) is 6.42 Å². The molecule has 0 spiro atoms. The number of rotatable bonds is 5. The Bertz CT molecular complexity index is 708. The van der Waals surface area contributed by atoms with Crippen LogP contribution in [-0.4, -0.2) is 17.9 Å². The van der Waals surface area contributed by atoms with Crippen LogP contribution in [0, 0.1) is 6.92 Å². The number of benzene rings is 2. The molecule has 2 rings (SSSR count). The molecule has 0 fully saturated rings. The second kappa shape index (κ2) is 7.58. The molecule has 2 amide bonds. The third-order valence-electron chi connectivity index (χ3n) is 3.44. The zero-order valence-corrected chi connectivity index (χ0v) is 13.7. The van der Waals surface area contributed by atoms with Crippen LogP contribution in [-0.2, 0) is 11.2 Å². The lowest BCUT2D eigenvalue weighted by Gasteiger charge is -2.11. The van der Waals surface area contributed by atoms with Crippen molar-refractivity contribution >= 4 is 17.5 Å². The highest BCUT2D eigenvalue weighted by atomic mass is 16.2. The van der Waals surface area contributed by atoms with E-state index in [1.165, 1.54) is 0 Å². The second-order valence-corrected chi connectivity index (χ2v) is 5.86. The summed E-state index contributed by atoms with van der Waals surface area (Å²) in [6.07, 6.45) is 0.315. The molecular formula is C19H22N2O2. The normalized spacial score (nSPS) is 10.4.